The third-order valence-corrected chi connectivity index (χ3v) is 3.78. The monoisotopic (exact) mass is 273 g/mol. The molecule has 0 aliphatic carbocycles. The van der Waals surface area contributed by atoms with E-state index in [0.717, 1.165) is 30.9 Å². The second kappa shape index (κ2) is 7.88. The fraction of sp³-hybridized carbons (Fsp3) is 0.562. The number of piperidine rings is 1. The number of nitriles is 1. The van der Waals surface area contributed by atoms with Crippen molar-refractivity contribution in [3.8, 4) is 11.8 Å². The fourth-order valence-corrected chi connectivity index (χ4v) is 2.63. The molecule has 1 saturated heterocycles. The second-order valence-corrected chi connectivity index (χ2v) is 5.22. The lowest BCUT2D eigenvalue weighted by Gasteiger charge is -2.26. The number of nitrogens with one attached hydrogen (secondary N) is 1. The first kappa shape index (κ1) is 14.8. The molecule has 4 nitrogen and oxygen atoms in total. The molecular formula is C16H23N3O. The lowest BCUT2D eigenvalue weighted by Crippen LogP contribution is -2.35. The first-order valence-electron chi connectivity index (χ1n) is 7.33. The molecule has 4 heteroatoms. The highest BCUT2D eigenvalue weighted by Crippen LogP contribution is 2.19. The van der Waals surface area contributed by atoms with Gasteiger partial charge in [-0.05, 0) is 44.1 Å². The Labute approximate surface area is 121 Å². The largest absolute Gasteiger partial charge is 0.496 e. The summed E-state index contributed by atoms with van der Waals surface area (Å²) in [4.78, 5) is 2.51. The first-order valence-corrected chi connectivity index (χ1v) is 7.33. The molecule has 0 unspecified atom stereocenters. The minimum absolute atomic E-state index is 0.679. The molecule has 1 fully saturated rings. The predicted molar refractivity (Wildman–Crippen MR) is 79.7 cm³/mol. The number of methoxy groups -OCH3 is 1. The Morgan fingerprint density at radius 1 is 1.30 bits per heavy atom. The number of hydrogen-bond donors (Lipinski definition) is 1. The van der Waals surface area contributed by atoms with Gasteiger partial charge in [-0.25, -0.2) is 0 Å². The van der Waals surface area contributed by atoms with Gasteiger partial charge in [-0.3, -0.25) is 0 Å². The average Bonchev–Trinajstić information content (AvgIpc) is 2.52. The van der Waals surface area contributed by atoms with Crippen LogP contribution in [0.3, 0.4) is 0 Å². The molecule has 0 aromatic heterocycles. The molecule has 1 N–H and O–H groups in total. The summed E-state index contributed by atoms with van der Waals surface area (Å²) in [6.45, 7) is 5.27. The molecule has 0 bridgehead atoms. The van der Waals surface area contributed by atoms with Gasteiger partial charge < -0.3 is 15.0 Å². The summed E-state index contributed by atoms with van der Waals surface area (Å²) in [6, 6.07) is 7.71. The van der Waals surface area contributed by atoms with E-state index in [4.69, 9.17) is 10.00 Å². The van der Waals surface area contributed by atoms with Crippen molar-refractivity contribution in [2.75, 3.05) is 33.3 Å². The summed E-state index contributed by atoms with van der Waals surface area (Å²) in [5.41, 5.74) is 1.73. The number of nitrogens with zero attached hydrogens (tertiary/aromatic N) is 2. The van der Waals surface area contributed by atoms with Gasteiger partial charge >= 0.3 is 0 Å². The molecule has 108 valence electrons. The van der Waals surface area contributed by atoms with E-state index in [-0.39, 0.29) is 0 Å². The fourth-order valence-electron chi connectivity index (χ4n) is 2.63. The molecule has 0 spiro atoms. The van der Waals surface area contributed by atoms with Gasteiger partial charge in [-0.2, -0.15) is 5.26 Å². The van der Waals surface area contributed by atoms with Crippen LogP contribution >= 0.6 is 0 Å². The summed E-state index contributed by atoms with van der Waals surface area (Å²) in [6.07, 6.45) is 4.04. The predicted octanol–water partition coefficient (Wildman–Crippen LogP) is 2.14. The van der Waals surface area contributed by atoms with Crippen LogP contribution in [0.1, 0.15) is 30.4 Å². The maximum Gasteiger partial charge on any atom is 0.123 e. The highest BCUT2D eigenvalue weighted by Gasteiger charge is 2.09. The summed E-state index contributed by atoms with van der Waals surface area (Å²) in [5.74, 6) is 0.842. The Kier molecular flexibility index (Phi) is 5.85. The highest BCUT2D eigenvalue weighted by atomic mass is 16.5. The molecule has 1 aliphatic heterocycles. The molecule has 1 aromatic rings. The smallest absolute Gasteiger partial charge is 0.123 e. The van der Waals surface area contributed by atoms with E-state index in [9.17, 15) is 0 Å². The van der Waals surface area contributed by atoms with Crippen molar-refractivity contribution in [3.05, 3.63) is 29.3 Å². The second-order valence-electron chi connectivity index (χ2n) is 5.22. The van der Waals surface area contributed by atoms with Crippen LogP contribution in [-0.4, -0.2) is 38.2 Å². The van der Waals surface area contributed by atoms with E-state index in [0.29, 0.717) is 5.56 Å². The summed E-state index contributed by atoms with van der Waals surface area (Å²) < 4.78 is 5.33. The van der Waals surface area contributed by atoms with Gasteiger partial charge in [-0.15, -0.1) is 0 Å². The zero-order valence-corrected chi connectivity index (χ0v) is 12.2. The molecule has 20 heavy (non-hydrogen) atoms. The van der Waals surface area contributed by atoms with E-state index in [1.807, 2.05) is 12.1 Å². The minimum Gasteiger partial charge on any atom is -0.496 e. The zero-order chi connectivity index (χ0) is 14.2. The van der Waals surface area contributed by atoms with Crippen LogP contribution in [0, 0.1) is 11.3 Å². The van der Waals surface area contributed by atoms with Crippen LogP contribution in [0.2, 0.25) is 0 Å². The maximum absolute atomic E-state index is 8.95. The molecule has 1 aliphatic rings. The van der Waals surface area contributed by atoms with Crippen molar-refractivity contribution >= 4 is 0 Å². The zero-order valence-electron chi connectivity index (χ0n) is 12.2. The Morgan fingerprint density at radius 3 is 2.80 bits per heavy atom. The number of ether oxygens (including phenoxy) is 1. The maximum atomic E-state index is 8.95. The summed E-state index contributed by atoms with van der Waals surface area (Å²) >= 11 is 0. The number of benzene rings is 1. The van der Waals surface area contributed by atoms with Gasteiger partial charge in [0.1, 0.15) is 5.75 Å². The Bertz CT molecular complexity index is 461. The molecule has 1 aromatic carbocycles. The van der Waals surface area contributed by atoms with Crippen LogP contribution in [-0.2, 0) is 6.54 Å². The lowest BCUT2D eigenvalue weighted by molar-refractivity contribution is 0.229. The van der Waals surface area contributed by atoms with Crippen LogP contribution in [0.5, 0.6) is 5.75 Å². The molecule has 1 heterocycles. The summed E-state index contributed by atoms with van der Waals surface area (Å²) in [5, 5.41) is 12.4. The van der Waals surface area contributed by atoms with Crippen molar-refractivity contribution in [2.24, 2.45) is 0 Å². The van der Waals surface area contributed by atoms with E-state index < -0.39 is 0 Å². The minimum atomic E-state index is 0.679. The summed E-state index contributed by atoms with van der Waals surface area (Å²) in [7, 11) is 1.67. The van der Waals surface area contributed by atoms with Gasteiger partial charge in [0.15, 0.2) is 0 Å². The van der Waals surface area contributed by atoms with Crippen molar-refractivity contribution in [1.82, 2.24) is 10.2 Å². The van der Waals surface area contributed by atoms with Crippen LogP contribution in [0.4, 0.5) is 0 Å². The molecule has 0 saturated carbocycles. The quantitative estimate of drug-likeness (QED) is 0.807. The van der Waals surface area contributed by atoms with E-state index in [1.54, 1.807) is 13.2 Å². The van der Waals surface area contributed by atoms with Crippen LogP contribution in [0.15, 0.2) is 18.2 Å². The Morgan fingerprint density at radius 2 is 2.10 bits per heavy atom. The normalized spacial score (nSPS) is 15.8. The first-order chi connectivity index (χ1) is 9.83. The van der Waals surface area contributed by atoms with Gasteiger partial charge in [0.2, 0.25) is 0 Å². The van der Waals surface area contributed by atoms with Gasteiger partial charge in [0.25, 0.3) is 0 Å². The van der Waals surface area contributed by atoms with Crippen molar-refractivity contribution in [3.63, 3.8) is 0 Å². The topological polar surface area (TPSA) is 48.3 Å². The van der Waals surface area contributed by atoms with Crippen LogP contribution in [0.25, 0.3) is 0 Å². The number of rotatable bonds is 6. The van der Waals surface area contributed by atoms with Gasteiger partial charge in [-0.1, -0.05) is 6.42 Å². The highest BCUT2D eigenvalue weighted by molar-refractivity contribution is 5.41. The Balaban J connectivity index is 1.79. The standard InChI is InChI=1S/C16H23N3O/c1-20-16-6-5-14(12-17)11-15(16)13-18-7-10-19-8-3-2-4-9-19/h5-6,11,18H,2-4,7-10,13H2,1H3. The average molecular weight is 273 g/mol. The molecule has 0 amide bonds. The van der Waals surface area contributed by atoms with E-state index in [2.05, 4.69) is 16.3 Å². The van der Waals surface area contributed by atoms with E-state index >= 15 is 0 Å². The SMILES string of the molecule is COc1ccc(C#N)cc1CNCCN1CCCCC1. The third kappa shape index (κ3) is 4.22. The number of hydrogen-bond acceptors (Lipinski definition) is 4. The van der Waals surface area contributed by atoms with Crippen molar-refractivity contribution in [2.45, 2.75) is 25.8 Å². The molecule has 0 atom stereocenters. The van der Waals surface area contributed by atoms with Gasteiger partial charge in [0.05, 0.1) is 18.7 Å². The Hall–Kier alpha value is -1.57. The molecular weight excluding hydrogens is 250 g/mol. The van der Waals surface area contributed by atoms with Gasteiger partial charge in [0, 0.05) is 25.2 Å². The molecule has 2 rings (SSSR count). The molecule has 0 radical (unpaired) electrons. The van der Waals surface area contributed by atoms with E-state index in [1.165, 1.54) is 32.4 Å². The van der Waals surface area contributed by atoms with Crippen molar-refractivity contribution < 1.29 is 4.74 Å². The lowest BCUT2D eigenvalue weighted by atomic mass is 10.1. The number of likely N-dealkylation sites (tertiary alicyclic amines) is 1. The van der Waals surface area contributed by atoms with Crippen LogP contribution < -0.4 is 10.1 Å². The third-order valence-electron chi connectivity index (χ3n) is 3.78. The van der Waals surface area contributed by atoms with Crippen molar-refractivity contribution in [1.29, 1.82) is 5.26 Å².